The van der Waals surface area contributed by atoms with Crippen molar-refractivity contribution in [3.63, 3.8) is 0 Å². The van der Waals surface area contributed by atoms with Gasteiger partial charge in [-0.15, -0.1) is 0 Å². The van der Waals surface area contributed by atoms with Crippen molar-refractivity contribution in [2.75, 3.05) is 44.5 Å². The Morgan fingerprint density at radius 1 is 1.42 bits per heavy atom. The van der Waals surface area contributed by atoms with E-state index in [4.69, 9.17) is 10.5 Å². The Morgan fingerprint density at radius 2 is 2.11 bits per heavy atom. The highest BCUT2D eigenvalue weighted by Gasteiger charge is 2.15. The van der Waals surface area contributed by atoms with Crippen molar-refractivity contribution in [1.82, 2.24) is 4.72 Å². The molecule has 0 aliphatic carbocycles. The highest BCUT2D eigenvalue weighted by molar-refractivity contribution is 7.89. The molecular weight excluding hydrogens is 266 g/mol. The summed E-state index contributed by atoms with van der Waals surface area (Å²) in [6.07, 6.45) is 0. The number of likely N-dealkylation sites (N-methyl/N-ethyl adjacent to an activating group) is 1. The molecule has 6 nitrogen and oxygen atoms in total. The Balaban J connectivity index is 2.88. The zero-order chi connectivity index (χ0) is 14.5. The molecule has 1 aromatic carbocycles. The number of ether oxygens (including phenoxy) is 1. The SMILES string of the molecule is CCOCCN(C)c1ccc(S(=O)(=O)NC)c(N)c1. The van der Waals surface area contributed by atoms with Gasteiger partial charge in [-0.2, -0.15) is 0 Å². The first-order valence-electron chi connectivity index (χ1n) is 6.04. The molecule has 0 atom stereocenters. The molecule has 19 heavy (non-hydrogen) atoms. The van der Waals surface area contributed by atoms with E-state index in [-0.39, 0.29) is 10.6 Å². The lowest BCUT2D eigenvalue weighted by Crippen LogP contribution is -2.23. The molecule has 0 spiro atoms. The smallest absolute Gasteiger partial charge is 0.242 e. The van der Waals surface area contributed by atoms with Gasteiger partial charge >= 0.3 is 0 Å². The maximum Gasteiger partial charge on any atom is 0.242 e. The minimum atomic E-state index is -3.51. The fraction of sp³-hybridized carbons (Fsp3) is 0.500. The van der Waals surface area contributed by atoms with E-state index in [1.54, 1.807) is 12.1 Å². The van der Waals surface area contributed by atoms with E-state index in [9.17, 15) is 8.42 Å². The number of hydrogen-bond acceptors (Lipinski definition) is 5. The minimum Gasteiger partial charge on any atom is -0.398 e. The number of nitrogens with zero attached hydrogens (tertiary/aromatic N) is 1. The van der Waals surface area contributed by atoms with E-state index >= 15 is 0 Å². The predicted octanol–water partition coefficient (Wildman–Crippen LogP) is 0.650. The highest BCUT2D eigenvalue weighted by Crippen LogP contribution is 2.24. The molecule has 0 heterocycles. The normalized spacial score (nSPS) is 11.5. The summed E-state index contributed by atoms with van der Waals surface area (Å²) >= 11 is 0. The molecule has 0 unspecified atom stereocenters. The zero-order valence-corrected chi connectivity index (χ0v) is 12.3. The van der Waals surface area contributed by atoms with Gasteiger partial charge in [-0.3, -0.25) is 0 Å². The Labute approximate surface area is 114 Å². The quantitative estimate of drug-likeness (QED) is 0.568. The summed E-state index contributed by atoms with van der Waals surface area (Å²) in [5, 5.41) is 0. The van der Waals surface area contributed by atoms with Crippen molar-refractivity contribution in [2.24, 2.45) is 0 Å². The maximum absolute atomic E-state index is 11.7. The highest BCUT2D eigenvalue weighted by atomic mass is 32.2. The number of nitrogens with two attached hydrogens (primary N) is 1. The second-order valence-corrected chi connectivity index (χ2v) is 5.90. The summed E-state index contributed by atoms with van der Waals surface area (Å²) in [5.41, 5.74) is 6.88. The van der Waals surface area contributed by atoms with Crippen molar-refractivity contribution < 1.29 is 13.2 Å². The standard InChI is InChI=1S/C12H21N3O3S/c1-4-18-8-7-15(3)10-5-6-12(11(13)9-10)19(16,17)14-2/h5-6,9,14H,4,7-8,13H2,1-3H3. The first-order chi connectivity index (χ1) is 8.92. The Bertz CT molecular complexity index is 517. The average Bonchev–Trinajstić information content (AvgIpc) is 2.38. The van der Waals surface area contributed by atoms with Crippen LogP contribution in [-0.4, -0.2) is 42.3 Å². The summed E-state index contributed by atoms with van der Waals surface area (Å²) in [6.45, 7) is 3.94. The number of anilines is 2. The van der Waals surface area contributed by atoms with Gasteiger partial charge in [0, 0.05) is 25.9 Å². The van der Waals surface area contributed by atoms with Crippen LogP contribution in [-0.2, 0) is 14.8 Å². The fourth-order valence-corrected chi connectivity index (χ4v) is 2.44. The second kappa shape index (κ2) is 6.74. The number of hydrogen-bond donors (Lipinski definition) is 2. The lowest BCUT2D eigenvalue weighted by atomic mass is 10.2. The van der Waals surface area contributed by atoms with Gasteiger partial charge in [0.15, 0.2) is 0 Å². The van der Waals surface area contributed by atoms with Crippen molar-refractivity contribution in [3.05, 3.63) is 18.2 Å². The second-order valence-electron chi connectivity index (χ2n) is 4.05. The van der Waals surface area contributed by atoms with Crippen molar-refractivity contribution in [1.29, 1.82) is 0 Å². The number of nitrogens with one attached hydrogen (secondary N) is 1. The molecule has 1 rings (SSSR count). The molecule has 0 saturated heterocycles. The molecule has 0 radical (unpaired) electrons. The van der Waals surface area contributed by atoms with E-state index in [0.29, 0.717) is 19.8 Å². The zero-order valence-electron chi connectivity index (χ0n) is 11.5. The van der Waals surface area contributed by atoms with Gasteiger partial charge < -0.3 is 15.4 Å². The topological polar surface area (TPSA) is 84.7 Å². The molecule has 0 amide bonds. The van der Waals surface area contributed by atoms with Crippen LogP contribution in [0.1, 0.15) is 6.92 Å². The number of sulfonamides is 1. The van der Waals surface area contributed by atoms with Crippen LogP contribution in [0.5, 0.6) is 0 Å². The van der Waals surface area contributed by atoms with E-state index in [1.165, 1.54) is 13.1 Å². The molecule has 0 bridgehead atoms. The molecule has 1 aromatic rings. The fourth-order valence-electron chi connectivity index (χ4n) is 1.60. The summed E-state index contributed by atoms with van der Waals surface area (Å²) in [5.74, 6) is 0. The van der Waals surface area contributed by atoms with E-state index in [0.717, 1.165) is 5.69 Å². The van der Waals surface area contributed by atoms with Crippen LogP contribution in [0.4, 0.5) is 11.4 Å². The van der Waals surface area contributed by atoms with Crippen LogP contribution in [0.15, 0.2) is 23.1 Å². The monoisotopic (exact) mass is 287 g/mol. The molecule has 0 fully saturated rings. The van der Waals surface area contributed by atoms with Crippen LogP contribution in [0.25, 0.3) is 0 Å². The molecule has 0 aliphatic rings. The van der Waals surface area contributed by atoms with E-state index in [2.05, 4.69) is 4.72 Å². The summed E-state index contributed by atoms with van der Waals surface area (Å²) in [6, 6.07) is 4.89. The third-order valence-corrected chi connectivity index (χ3v) is 4.26. The van der Waals surface area contributed by atoms with Crippen LogP contribution in [0.3, 0.4) is 0 Å². The van der Waals surface area contributed by atoms with Gasteiger partial charge in [0.25, 0.3) is 0 Å². The molecule has 7 heteroatoms. The third kappa shape index (κ3) is 4.09. The summed E-state index contributed by atoms with van der Waals surface area (Å²) < 4.78 is 30.9. The van der Waals surface area contributed by atoms with Gasteiger partial charge in [0.1, 0.15) is 4.90 Å². The minimum absolute atomic E-state index is 0.0944. The lowest BCUT2D eigenvalue weighted by Gasteiger charge is -2.20. The number of rotatable bonds is 7. The predicted molar refractivity (Wildman–Crippen MR) is 76.9 cm³/mol. The van der Waals surface area contributed by atoms with Gasteiger partial charge in [-0.25, -0.2) is 13.1 Å². The lowest BCUT2D eigenvalue weighted by molar-refractivity contribution is 0.154. The summed E-state index contributed by atoms with van der Waals surface area (Å²) in [7, 11) is -0.250. The largest absolute Gasteiger partial charge is 0.398 e. The van der Waals surface area contributed by atoms with E-state index < -0.39 is 10.0 Å². The van der Waals surface area contributed by atoms with Crippen LogP contribution >= 0.6 is 0 Å². The molecular formula is C12H21N3O3S. The maximum atomic E-state index is 11.7. The Hall–Kier alpha value is -1.31. The van der Waals surface area contributed by atoms with Gasteiger partial charge in [0.2, 0.25) is 10.0 Å². The first-order valence-corrected chi connectivity index (χ1v) is 7.52. The first kappa shape index (κ1) is 15.7. The average molecular weight is 287 g/mol. The van der Waals surface area contributed by atoms with Gasteiger partial charge in [0.05, 0.1) is 12.3 Å². The van der Waals surface area contributed by atoms with Crippen LogP contribution in [0.2, 0.25) is 0 Å². The Kier molecular flexibility index (Phi) is 5.59. The van der Waals surface area contributed by atoms with Crippen LogP contribution < -0.4 is 15.4 Å². The molecule has 0 aromatic heterocycles. The van der Waals surface area contributed by atoms with Crippen LogP contribution in [0, 0.1) is 0 Å². The van der Waals surface area contributed by atoms with Crippen molar-refractivity contribution >= 4 is 21.4 Å². The molecule has 108 valence electrons. The van der Waals surface area contributed by atoms with Crippen molar-refractivity contribution in [3.8, 4) is 0 Å². The summed E-state index contributed by atoms with van der Waals surface area (Å²) in [4.78, 5) is 2.05. The molecule has 0 saturated carbocycles. The van der Waals surface area contributed by atoms with E-state index in [1.807, 2.05) is 18.9 Å². The number of nitrogen functional groups attached to an aromatic ring is 1. The molecule has 0 aliphatic heterocycles. The third-order valence-electron chi connectivity index (χ3n) is 2.77. The Morgan fingerprint density at radius 3 is 2.63 bits per heavy atom. The van der Waals surface area contributed by atoms with Crippen molar-refractivity contribution in [2.45, 2.75) is 11.8 Å². The van der Waals surface area contributed by atoms with Gasteiger partial charge in [-0.05, 0) is 32.2 Å². The number of benzene rings is 1. The molecule has 3 N–H and O–H groups in total. The van der Waals surface area contributed by atoms with Gasteiger partial charge in [-0.1, -0.05) is 0 Å².